The number of nitrogens with zero attached hydrogens (tertiary/aromatic N) is 4. The zero-order chi connectivity index (χ0) is 20.9. The van der Waals surface area contributed by atoms with Crippen LogP contribution in [0.15, 0.2) is 34.7 Å². The van der Waals surface area contributed by atoms with Gasteiger partial charge >= 0.3 is 12.0 Å². The predicted octanol–water partition coefficient (Wildman–Crippen LogP) is 2.75. The van der Waals surface area contributed by atoms with Gasteiger partial charge < -0.3 is 19.0 Å². The highest BCUT2D eigenvalue weighted by Crippen LogP contribution is 2.28. The Labute approximate surface area is 176 Å². The molecule has 0 atom stereocenters. The average molecular weight is 412 g/mol. The topological polar surface area (TPSA) is 88.8 Å². The molecule has 3 heterocycles. The van der Waals surface area contributed by atoms with Gasteiger partial charge in [-0.05, 0) is 44.7 Å². The predicted molar refractivity (Wildman–Crippen MR) is 111 cm³/mol. The number of anilines is 1. The quantitative estimate of drug-likeness (QED) is 0.698. The summed E-state index contributed by atoms with van der Waals surface area (Å²) in [4.78, 5) is 28.8. The number of likely N-dealkylation sites (tertiary alicyclic amines) is 1. The summed E-state index contributed by atoms with van der Waals surface area (Å²) in [5, 5.41) is 8.34. The smallest absolute Gasteiger partial charge is 0.318 e. The van der Waals surface area contributed by atoms with Crippen LogP contribution in [0.2, 0.25) is 0 Å². The number of hydrogen-bond donors (Lipinski definition) is 0. The second kappa shape index (κ2) is 9.28. The highest BCUT2D eigenvalue weighted by molar-refractivity contribution is 5.80. The lowest BCUT2D eigenvalue weighted by atomic mass is 9.92. The van der Waals surface area contributed by atoms with Crippen molar-refractivity contribution in [2.75, 3.05) is 37.7 Å². The first kappa shape index (κ1) is 20.4. The van der Waals surface area contributed by atoms with Crippen LogP contribution >= 0.6 is 0 Å². The molecule has 30 heavy (non-hydrogen) atoms. The van der Waals surface area contributed by atoms with Gasteiger partial charge in [0.05, 0.1) is 12.5 Å². The van der Waals surface area contributed by atoms with E-state index in [1.807, 2.05) is 42.2 Å². The highest BCUT2D eigenvalue weighted by Gasteiger charge is 2.33. The van der Waals surface area contributed by atoms with Gasteiger partial charge in [-0.15, -0.1) is 5.10 Å². The van der Waals surface area contributed by atoms with Crippen molar-refractivity contribution in [2.45, 2.75) is 32.6 Å². The van der Waals surface area contributed by atoms with E-state index in [0.717, 1.165) is 18.4 Å². The van der Waals surface area contributed by atoms with Crippen LogP contribution in [0.25, 0.3) is 11.5 Å². The Bertz CT molecular complexity index is 853. The first-order valence-electron chi connectivity index (χ1n) is 10.7. The normalized spacial score (nSPS) is 18.4. The van der Waals surface area contributed by atoms with Gasteiger partial charge in [0.25, 0.3) is 0 Å². The van der Waals surface area contributed by atoms with E-state index >= 15 is 0 Å². The molecule has 0 radical (unpaired) electrons. The average Bonchev–Trinajstić information content (AvgIpc) is 3.30. The van der Waals surface area contributed by atoms with Crippen LogP contribution in [0.1, 0.15) is 32.6 Å². The lowest BCUT2D eigenvalue weighted by Crippen LogP contribution is -2.46. The van der Waals surface area contributed by atoms with Crippen molar-refractivity contribution >= 4 is 17.9 Å². The maximum Gasteiger partial charge on any atom is 0.318 e. The molecule has 8 nitrogen and oxygen atoms in total. The Morgan fingerprint density at radius 1 is 1.00 bits per heavy atom. The van der Waals surface area contributed by atoms with E-state index in [4.69, 9.17) is 9.15 Å². The number of ether oxygens (including phenoxy) is 1. The van der Waals surface area contributed by atoms with E-state index in [1.165, 1.54) is 0 Å². The van der Waals surface area contributed by atoms with Crippen molar-refractivity contribution in [1.82, 2.24) is 15.1 Å². The van der Waals surface area contributed by atoms with E-state index in [-0.39, 0.29) is 23.7 Å². The van der Waals surface area contributed by atoms with Gasteiger partial charge in [0.1, 0.15) is 0 Å². The maximum atomic E-state index is 12.9. The van der Waals surface area contributed by atoms with Crippen LogP contribution in [0.3, 0.4) is 0 Å². The van der Waals surface area contributed by atoms with Crippen LogP contribution in [0, 0.1) is 11.8 Å². The molecule has 0 saturated carbocycles. The minimum Gasteiger partial charge on any atom is -0.466 e. The zero-order valence-corrected chi connectivity index (χ0v) is 17.3. The Morgan fingerprint density at radius 3 is 2.33 bits per heavy atom. The number of piperidine rings is 2. The van der Waals surface area contributed by atoms with Crippen molar-refractivity contribution in [3.63, 3.8) is 0 Å². The summed E-state index contributed by atoms with van der Waals surface area (Å²) >= 11 is 0. The molecule has 1 aromatic heterocycles. The fourth-order valence-electron chi connectivity index (χ4n) is 4.21. The van der Waals surface area contributed by atoms with Crippen LogP contribution in [0.5, 0.6) is 0 Å². The van der Waals surface area contributed by atoms with E-state index in [1.54, 1.807) is 0 Å². The molecular formula is C22H28N4O4. The third-order valence-corrected chi connectivity index (χ3v) is 5.98. The van der Waals surface area contributed by atoms with Crippen LogP contribution in [-0.2, 0) is 14.3 Å². The fourth-order valence-corrected chi connectivity index (χ4v) is 4.21. The van der Waals surface area contributed by atoms with E-state index in [9.17, 15) is 9.59 Å². The molecule has 2 aromatic rings. The van der Waals surface area contributed by atoms with Crippen LogP contribution in [0.4, 0.5) is 6.01 Å². The van der Waals surface area contributed by atoms with Gasteiger partial charge in [-0.2, -0.15) is 0 Å². The lowest BCUT2D eigenvalue weighted by molar-refractivity contribution is -0.151. The summed E-state index contributed by atoms with van der Waals surface area (Å²) in [7, 11) is 0. The number of carbonyl (C=O) groups is 2. The first-order chi connectivity index (χ1) is 14.7. The van der Waals surface area contributed by atoms with E-state index in [0.29, 0.717) is 57.5 Å². The molecular weight excluding hydrogens is 384 g/mol. The van der Waals surface area contributed by atoms with Crippen molar-refractivity contribution < 1.29 is 18.7 Å². The number of benzene rings is 1. The molecule has 2 saturated heterocycles. The largest absolute Gasteiger partial charge is 0.466 e. The summed E-state index contributed by atoms with van der Waals surface area (Å²) in [6, 6.07) is 10.2. The second-order valence-electron chi connectivity index (χ2n) is 7.87. The summed E-state index contributed by atoms with van der Waals surface area (Å²) in [5.41, 5.74) is 0.896. The molecule has 0 unspecified atom stereocenters. The summed E-state index contributed by atoms with van der Waals surface area (Å²) in [6.07, 6.45) is 2.90. The molecule has 2 fully saturated rings. The number of esters is 1. The Morgan fingerprint density at radius 2 is 1.67 bits per heavy atom. The molecule has 2 aliphatic rings. The molecule has 0 spiro atoms. The third kappa shape index (κ3) is 4.47. The van der Waals surface area contributed by atoms with Gasteiger partial charge in [-0.25, -0.2) is 0 Å². The standard InChI is InChI=1S/C22H28N4O4/c1-2-29-21(28)18-10-12-25(13-11-18)20(27)17-8-14-26(15-9-17)22-24-23-19(30-22)16-6-4-3-5-7-16/h3-7,17-18H,2,8-15H2,1H3. The number of aromatic nitrogens is 2. The zero-order valence-electron chi connectivity index (χ0n) is 17.3. The van der Waals surface area contributed by atoms with Gasteiger partial charge in [0, 0.05) is 37.7 Å². The Hall–Kier alpha value is -2.90. The Balaban J connectivity index is 1.27. The molecule has 0 aliphatic carbocycles. The number of rotatable bonds is 5. The van der Waals surface area contributed by atoms with Crippen molar-refractivity contribution in [3.05, 3.63) is 30.3 Å². The molecule has 0 N–H and O–H groups in total. The van der Waals surface area contributed by atoms with Gasteiger partial charge in [0.2, 0.25) is 11.8 Å². The molecule has 4 rings (SSSR count). The number of carbonyl (C=O) groups excluding carboxylic acids is 2. The van der Waals surface area contributed by atoms with Crippen molar-refractivity contribution in [3.8, 4) is 11.5 Å². The minimum atomic E-state index is -0.132. The maximum absolute atomic E-state index is 12.9. The number of hydrogen-bond acceptors (Lipinski definition) is 7. The summed E-state index contributed by atoms with van der Waals surface area (Å²) < 4.78 is 10.9. The fraction of sp³-hybridized carbons (Fsp3) is 0.545. The first-order valence-corrected chi connectivity index (χ1v) is 10.7. The molecule has 8 heteroatoms. The molecule has 2 aliphatic heterocycles. The van der Waals surface area contributed by atoms with Crippen molar-refractivity contribution in [2.24, 2.45) is 11.8 Å². The van der Waals surface area contributed by atoms with E-state index < -0.39 is 0 Å². The minimum absolute atomic E-state index is 0.0110. The molecule has 1 aromatic carbocycles. The molecule has 0 bridgehead atoms. The van der Waals surface area contributed by atoms with Crippen LogP contribution in [-0.4, -0.2) is 59.8 Å². The van der Waals surface area contributed by atoms with Crippen molar-refractivity contribution in [1.29, 1.82) is 0 Å². The van der Waals surface area contributed by atoms with Gasteiger partial charge in [0.15, 0.2) is 0 Å². The Kier molecular flexibility index (Phi) is 6.30. The third-order valence-electron chi connectivity index (χ3n) is 5.98. The highest BCUT2D eigenvalue weighted by atomic mass is 16.5. The summed E-state index contributed by atoms with van der Waals surface area (Å²) in [6.45, 7) is 4.92. The monoisotopic (exact) mass is 412 g/mol. The summed E-state index contributed by atoms with van der Waals surface area (Å²) in [5.74, 6) is 0.511. The number of amides is 1. The SMILES string of the molecule is CCOC(=O)C1CCN(C(=O)C2CCN(c3nnc(-c4ccccc4)o3)CC2)CC1. The molecule has 1 amide bonds. The van der Waals surface area contributed by atoms with Gasteiger partial charge in [-0.1, -0.05) is 23.3 Å². The van der Waals surface area contributed by atoms with Crippen LogP contribution < -0.4 is 4.90 Å². The molecule has 160 valence electrons. The lowest BCUT2D eigenvalue weighted by Gasteiger charge is -2.36. The second-order valence-corrected chi connectivity index (χ2v) is 7.87. The van der Waals surface area contributed by atoms with Gasteiger partial charge in [-0.3, -0.25) is 9.59 Å². The van der Waals surface area contributed by atoms with E-state index in [2.05, 4.69) is 15.1 Å².